The molecular weight excluding hydrogens is 328 g/mol. The predicted molar refractivity (Wildman–Crippen MR) is 97.0 cm³/mol. The van der Waals surface area contributed by atoms with Crippen LogP contribution in [0.5, 0.6) is 5.75 Å². The van der Waals surface area contributed by atoms with E-state index in [4.69, 9.17) is 0 Å². The van der Waals surface area contributed by atoms with E-state index in [2.05, 4.69) is 16.0 Å². The summed E-state index contributed by atoms with van der Waals surface area (Å²) in [5.74, 6) is -1.69. The summed E-state index contributed by atoms with van der Waals surface area (Å²) in [5.41, 5.74) is 4.01. The molecule has 5 nitrogen and oxygen atoms in total. The fraction of sp³-hybridized carbons (Fsp3) is 0.238. The zero-order valence-corrected chi connectivity index (χ0v) is 14.1. The lowest BCUT2D eigenvalue weighted by Crippen LogP contribution is -2.21. The van der Waals surface area contributed by atoms with Gasteiger partial charge in [0.25, 0.3) is 0 Å². The van der Waals surface area contributed by atoms with Crippen LogP contribution in [0.4, 0.5) is 0 Å². The highest BCUT2D eigenvalue weighted by Crippen LogP contribution is 2.43. The lowest BCUT2D eigenvalue weighted by molar-refractivity contribution is -0.125. The standard InChI is InChI=1S/C21H18N2O3/c24-14-7-1-5-13(10-14)17-18(21(26)22-20(17)25)16-11-23-9-3-6-12-4-2-8-15(16)19(12)23/h1-2,4-5,7-8,10-11,17-18,24H,3,6,9H2,(H,22,25,26)/t17-,18-/m1/s1. The van der Waals surface area contributed by atoms with Crippen molar-refractivity contribution in [1.29, 1.82) is 0 Å². The first-order valence-electron chi connectivity index (χ1n) is 8.88. The molecule has 5 heteroatoms. The molecule has 2 amide bonds. The number of hydrogen-bond donors (Lipinski definition) is 2. The van der Waals surface area contributed by atoms with Gasteiger partial charge in [0.15, 0.2) is 0 Å². The molecule has 0 spiro atoms. The van der Waals surface area contributed by atoms with Crippen molar-refractivity contribution in [2.24, 2.45) is 0 Å². The summed E-state index contributed by atoms with van der Waals surface area (Å²) < 4.78 is 2.21. The number of amides is 2. The van der Waals surface area contributed by atoms with Crippen LogP contribution in [-0.4, -0.2) is 21.5 Å². The molecule has 0 aliphatic carbocycles. The molecule has 130 valence electrons. The van der Waals surface area contributed by atoms with Gasteiger partial charge in [0.1, 0.15) is 5.75 Å². The number of phenols is 1. The van der Waals surface area contributed by atoms with Gasteiger partial charge >= 0.3 is 0 Å². The Morgan fingerprint density at radius 2 is 1.85 bits per heavy atom. The molecule has 0 radical (unpaired) electrons. The van der Waals surface area contributed by atoms with E-state index < -0.39 is 11.8 Å². The minimum atomic E-state index is -0.627. The number of carbonyl (C=O) groups is 2. The SMILES string of the molecule is O=C1NC(=O)[C@H](c2cn3c4c(cccc24)CCC3)[C@H]1c1cccc(O)c1. The van der Waals surface area contributed by atoms with E-state index in [0.29, 0.717) is 5.56 Å². The number of aromatic hydroxyl groups is 1. The molecule has 1 aromatic heterocycles. The Hall–Kier alpha value is -3.08. The number of aromatic nitrogens is 1. The first-order chi connectivity index (χ1) is 12.6. The van der Waals surface area contributed by atoms with Crippen LogP contribution < -0.4 is 5.32 Å². The number of benzene rings is 2. The fourth-order valence-corrected chi connectivity index (χ4v) is 4.49. The summed E-state index contributed by atoms with van der Waals surface area (Å²) in [6.45, 7) is 0.923. The van der Waals surface area contributed by atoms with E-state index in [1.54, 1.807) is 24.3 Å². The lowest BCUT2D eigenvalue weighted by Gasteiger charge is -2.16. The van der Waals surface area contributed by atoms with Crippen LogP contribution in [0.1, 0.15) is 34.9 Å². The normalized spacial score (nSPS) is 22.0. The lowest BCUT2D eigenvalue weighted by atomic mass is 9.83. The minimum Gasteiger partial charge on any atom is -0.508 e. The second kappa shape index (κ2) is 5.46. The van der Waals surface area contributed by atoms with Crippen LogP contribution in [0.3, 0.4) is 0 Å². The number of phenolic OH excluding ortho intramolecular Hbond substituents is 1. The third kappa shape index (κ3) is 2.10. The van der Waals surface area contributed by atoms with Gasteiger partial charge in [-0.05, 0) is 41.7 Å². The third-order valence-electron chi connectivity index (χ3n) is 5.57. The topological polar surface area (TPSA) is 71.3 Å². The number of nitrogens with zero attached hydrogens (tertiary/aromatic N) is 1. The van der Waals surface area contributed by atoms with Gasteiger partial charge < -0.3 is 9.67 Å². The highest BCUT2D eigenvalue weighted by Gasteiger charge is 2.45. The van der Waals surface area contributed by atoms with Gasteiger partial charge in [0.2, 0.25) is 11.8 Å². The summed E-state index contributed by atoms with van der Waals surface area (Å²) in [5, 5.41) is 13.4. The smallest absolute Gasteiger partial charge is 0.235 e. The molecule has 0 unspecified atom stereocenters. The van der Waals surface area contributed by atoms with Crippen molar-refractivity contribution in [3.63, 3.8) is 0 Å². The summed E-state index contributed by atoms with van der Waals surface area (Å²) in [4.78, 5) is 25.2. The van der Waals surface area contributed by atoms with Crippen LogP contribution in [0.15, 0.2) is 48.7 Å². The number of carbonyl (C=O) groups excluding carboxylic acids is 2. The van der Waals surface area contributed by atoms with E-state index in [1.807, 2.05) is 18.3 Å². The molecule has 2 atom stereocenters. The Labute approximate surface area is 150 Å². The zero-order chi connectivity index (χ0) is 17.8. The highest BCUT2D eigenvalue weighted by atomic mass is 16.3. The monoisotopic (exact) mass is 346 g/mol. The van der Waals surface area contributed by atoms with Gasteiger partial charge in [-0.1, -0.05) is 30.3 Å². The van der Waals surface area contributed by atoms with Crippen LogP contribution >= 0.6 is 0 Å². The third-order valence-corrected chi connectivity index (χ3v) is 5.57. The van der Waals surface area contributed by atoms with Crippen molar-refractivity contribution in [3.05, 3.63) is 65.4 Å². The van der Waals surface area contributed by atoms with E-state index in [0.717, 1.165) is 30.3 Å². The molecule has 0 saturated carbocycles. The van der Waals surface area contributed by atoms with Crippen LogP contribution in [0, 0.1) is 0 Å². The van der Waals surface area contributed by atoms with Crippen LogP contribution in [-0.2, 0) is 22.6 Å². The Bertz CT molecular complexity index is 1070. The van der Waals surface area contributed by atoms with Crippen molar-refractivity contribution >= 4 is 22.7 Å². The van der Waals surface area contributed by atoms with Gasteiger partial charge in [-0.3, -0.25) is 14.9 Å². The summed E-state index contributed by atoms with van der Waals surface area (Å²) in [7, 11) is 0. The Morgan fingerprint density at radius 1 is 1.04 bits per heavy atom. The maximum Gasteiger partial charge on any atom is 0.235 e. The molecular formula is C21H18N2O3. The maximum absolute atomic E-state index is 12.7. The van der Waals surface area contributed by atoms with Gasteiger partial charge in [-0.2, -0.15) is 0 Å². The van der Waals surface area contributed by atoms with E-state index in [-0.39, 0.29) is 17.6 Å². The largest absolute Gasteiger partial charge is 0.508 e. The van der Waals surface area contributed by atoms with Crippen molar-refractivity contribution in [2.45, 2.75) is 31.2 Å². The van der Waals surface area contributed by atoms with Crippen LogP contribution in [0.2, 0.25) is 0 Å². The highest BCUT2D eigenvalue weighted by molar-refractivity contribution is 6.12. The van der Waals surface area contributed by atoms with Crippen molar-refractivity contribution in [3.8, 4) is 5.75 Å². The first-order valence-corrected chi connectivity index (χ1v) is 8.88. The molecule has 5 rings (SSSR count). The van der Waals surface area contributed by atoms with Crippen LogP contribution in [0.25, 0.3) is 10.9 Å². The quantitative estimate of drug-likeness (QED) is 0.701. The number of rotatable bonds is 2. The summed E-state index contributed by atoms with van der Waals surface area (Å²) in [6.07, 6.45) is 4.14. The minimum absolute atomic E-state index is 0.0935. The molecule has 2 aliphatic heterocycles. The molecule has 2 aromatic carbocycles. The molecule has 3 heterocycles. The molecule has 2 N–H and O–H groups in total. The number of aryl methyl sites for hydroxylation is 2. The average molecular weight is 346 g/mol. The molecule has 1 fully saturated rings. The Morgan fingerprint density at radius 3 is 2.69 bits per heavy atom. The molecule has 2 aliphatic rings. The van der Waals surface area contributed by atoms with E-state index in [1.165, 1.54) is 11.1 Å². The molecule has 26 heavy (non-hydrogen) atoms. The maximum atomic E-state index is 12.7. The van der Waals surface area contributed by atoms with Gasteiger partial charge in [0, 0.05) is 18.1 Å². The van der Waals surface area contributed by atoms with Crippen molar-refractivity contribution < 1.29 is 14.7 Å². The van der Waals surface area contributed by atoms with Gasteiger partial charge in [-0.25, -0.2) is 0 Å². The van der Waals surface area contributed by atoms with E-state index >= 15 is 0 Å². The average Bonchev–Trinajstić information content (AvgIpc) is 3.13. The van der Waals surface area contributed by atoms with Crippen molar-refractivity contribution in [1.82, 2.24) is 9.88 Å². The number of para-hydroxylation sites is 1. The predicted octanol–water partition coefficient (Wildman–Crippen LogP) is 2.82. The fourth-order valence-electron chi connectivity index (χ4n) is 4.49. The molecule has 1 saturated heterocycles. The number of hydrogen-bond acceptors (Lipinski definition) is 3. The number of imide groups is 1. The molecule has 3 aromatic rings. The zero-order valence-electron chi connectivity index (χ0n) is 14.1. The van der Waals surface area contributed by atoms with Gasteiger partial charge in [0.05, 0.1) is 17.4 Å². The Balaban J connectivity index is 1.71. The number of nitrogens with one attached hydrogen (secondary N) is 1. The van der Waals surface area contributed by atoms with Gasteiger partial charge in [-0.15, -0.1) is 0 Å². The van der Waals surface area contributed by atoms with E-state index in [9.17, 15) is 14.7 Å². The van der Waals surface area contributed by atoms with Crippen molar-refractivity contribution in [2.75, 3.05) is 0 Å². The summed E-state index contributed by atoms with van der Waals surface area (Å²) in [6, 6.07) is 12.8. The molecule has 0 bridgehead atoms. The first kappa shape index (κ1) is 15.2. The second-order valence-corrected chi connectivity index (χ2v) is 7.10. The second-order valence-electron chi connectivity index (χ2n) is 7.10. The summed E-state index contributed by atoms with van der Waals surface area (Å²) >= 11 is 0. The Kier molecular flexibility index (Phi) is 3.19.